The maximum Gasteiger partial charge on any atom is 0.254 e. The molecule has 2 heterocycles. The fraction of sp³-hybridized carbons (Fsp3) is 0.238. The van der Waals surface area contributed by atoms with Crippen molar-refractivity contribution in [3.63, 3.8) is 0 Å². The van der Waals surface area contributed by atoms with Gasteiger partial charge in [-0.15, -0.1) is 0 Å². The van der Waals surface area contributed by atoms with Crippen molar-refractivity contribution in [2.75, 3.05) is 11.9 Å². The number of nitrogens with zero attached hydrogens (tertiary/aromatic N) is 1. The molecule has 1 amide bonds. The van der Waals surface area contributed by atoms with E-state index in [1.807, 2.05) is 22.8 Å². The van der Waals surface area contributed by atoms with Crippen LogP contribution in [0.4, 0.5) is 5.69 Å². The summed E-state index contributed by atoms with van der Waals surface area (Å²) in [6, 6.07) is 13.5. The fourth-order valence-corrected chi connectivity index (χ4v) is 3.73. The van der Waals surface area contributed by atoms with E-state index in [0.717, 1.165) is 29.9 Å². The molecule has 0 saturated heterocycles. The second kappa shape index (κ2) is 5.73. The van der Waals surface area contributed by atoms with E-state index in [0.29, 0.717) is 5.39 Å². The zero-order valence-corrected chi connectivity index (χ0v) is 14.9. The topological polar surface area (TPSA) is 77.1 Å². The van der Waals surface area contributed by atoms with Gasteiger partial charge in [0.05, 0.1) is 5.52 Å². The summed E-state index contributed by atoms with van der Waals surface area (Å²) in [5, 5.41) is 3.94. The van der Waals surface area contributed by atoms with Crippen LogP contribution in [0, 0.1) is 0 Å². The Balaban J connectivity index is 1.99. The molecule has 3 N–H and O–H groups in total. The van der Waals surface area contributed by atoms with Gasteiger partial charge in [0.25, 0.3) is 5.91 Å². The third-order valence-corrected chi connectivity index (χ3v) is 5.25. The number of pyridine rings is 1. The van der Waals surface area contributed by atoms with Crippen LogP contribution in [-0.4, -0.2) is 17.0 Å². The Morgan fingerprint density at radius 2 is 1.96 bits per heavy atom. The second-order valence-electron chi connectivity index (χ2n) is 7.41. The average Bonchev–Trinajstić information content (AvgIpc) is 2.61. The summed E-state index contributed by atoms with van der Waals surface area (Å²) in [4.78, 5) is 24.3. The molecule has 0 radical (unpaired) electrons. The van der Waals surface area contributed by atoms with Crippen molar-refractivity contribution in [2.24, 2.45) is 5.73 Å². The van der Waals surface area contributed by atoms with Crippen LogP contribution in [0.3, 0.4) is 0 Å². The smallest absolute Gasteiger partial charge is 0.254 e. The molecule has 0 spiro atoms. The van der Waals surface area contributed by atoms with Crippen LogP contribution in [0.5, 0.6) is 0 Å². The van der Waals surface area contributed by atoms with Crippen molar-refractivity contribution in [1.29, 1.82) is 0 Å². The van der Waals surface area contributed by atoms with E-state index >= 15 is 0 Å². The molecule has 2 aromatic carbocycles. The summed E-state index contributed by atoms with van der Waals surface area (Å²) >= 11 is 0. The lowest BCUT2D eigenvalue weighted by Crippen LogP contribution is -2.28. The highest BCUT2D eigenvalue weighted by atomic mass is 16.2. The number of aromatic nitrogens is 1. The van der Waals surface area contributed by atoms with Crippen LogP contribution in [-0.2, 0) is 5.41 Å². The van der Waals surface area contributed by atoms with Gasteiger partial charge in [-0.3, -0.25) is 9.59 Å². The monoisotopic (exact) mass is 347 g/mol. The Hall–Kier alpha value is -3.08. The maximum absolute atomic E-state index is 12.5. The zero-order chi connectivity index (χ0) is 18.5. The lowest BCUT2D eigenvalue weighted by atomic mass is 9.78. The Morgan fingerprint density at radius 3 is 2.73 bits per heavy atom. The van der Waals surface area contributed by atoms with Crippen molar-refractivity contribution in [3.8, 4) is 5.69 Å². The van der Waals surface area contributed by atoms with Crippen LogP contribution in [0.1, 0.15) is 36.2 Å². The molecule has 132 valence electrons. The van der Waals surface area contributed by atoms with Gasteiger partial charge < -0.3 is 15.6 Å². The van der Waals surface area contributed by atoms with Crippen molar-refractivity contribution in [1.82, 2.24) is 4.57 Å². The molecule has 0 aliphatic carbocycles. The molecule has 0 atom stereocenters. The van der Waals surface area contributed by atoms with Gasteiger partial charge in [-0.2, -0.15) is 0 Å². The predicted octanol–water partition coefficient (Wildman–Crippen LogP) is 3.18. The molecule has 0 saturated carbocycles. The van der Waals surface area contributed by atoms with Gasteiger partial charge in [0.2, 0.25) is 5.43 Å². The first-order valence-corrected chi connectivity index (χ1v) is 8.71. The first-order chi connectivity index (χ1) is 12.4. The molecule has 5 heteroatoms. The molecular weight excluding hydrogens is 326 g/mol. The number of rotatable bonds is 2. The highest BCUT2D eigenvalue weighted by Crippen LogP contribution is 2.37. The zero-order valence-electron chi connectivity index (χ0n) is 14.9. The molecule has 0 bridgehead atoms. The van der Waals surface area contributed by atoms with E-state index in [1.54, 1.807) is 18.3 Å². The Morgan fingerprint density at radius 1 is 1.19 bits per heavy atom. The molecule has 0 fully saturated rings. The highest BCUT2D eigenvalue weighted by molar-refractivity contribution is 5.96. The number of hydrogen-bond acceptors (Lipinski definition) is 3. The molecular formula is C21H21N3O2. The average molecular weight is 347 g/mol. The summed E-state index contributed by atoms with van der Waals surface area (Å²) in [7, 11) is 0. The summed E-state index contributed by atoms with van der Waals surface area (Å²) in [5.74, 6) is -0.716. The van der Waals surface area contributed by atoms with E-state index in [-0.39, 0.29) is 16.4 Å². The van der Waals surface area contributed by atoms with Crippen molar-refractivity contribution in [3.05, 3.63) is 70.0 Å². The van der Waals surface area contributed by atoms with Gasteiger partial charge in [-0.05, 0) is 41.7 Å². The Kier molecular flexibility index (Phi) is 3.61. The Labute approximate surface area is 151 Å². The lowest BCUT2D eigenvalue weighted by Gasteiger charge is -2.33. The minimum Gasteiger partial charge on any atom is -0.385 e. The molecule has 1 aliphatic rings. The number of para-hydroxylation sites is 1. The minimum atomic E-state index is -0.716. The predicted molar refractivity (Wildman–Crippen MR) is 104 cm³/mol. The molecule has 3 aromatic rings. The van der Waals surface area contributed by atoms with E-state index < -0.39 is 5.91 Å². The van der Waals surface area contributed by atoms with Crippen LogP contribution in [0.15, 0.2) is 53.5 Å². The fourth-order valence-electron chi connectivity index (χ4n) is 3.73. The van der Waals surface area contributed by atoms with Crippen LogP contribution in [0.25, 0.3) is 16.6 Å². The number of hydrogen-bond donors (Lipinski definition) is 2. The summed E-state index contributed by atoms with van der Waals surface area (Å²) < 4.78 is 1.86. The molecule has 0 unspecified atom stereocenters. The number of nitrogens with one attached hydrogen (secondary N) is 1. The summed E-state index contributed by atoms with van der Waals surface area (Å²) in [6.07, 6.45) is 2.62. The van der Waals surface area contributed by atoms with Gasteiger partial charge in [-0.1, -0.05) is 32.0 Å². The van der Waals surface area contributed by atoms with E-state index in [9.17, 15) is 9.59 Å². The second-order valence-corrected chi connectivity index (χ2v) is 7.41. The number of primary amides is 1. The van der Waals surface area contributed by atoms with Gasteiger partial charge in [0.15, 0.2) is 0 Å². The Bertz CT molecular complexity index is 1100. The summed E-state index contributed by atoms with van der Waals surface area (Å²) in [6.45, 7) is 5.40. The third-order valence-electron chi connectivity index (χ3n) is 5.25. The van der Waals surface area contributed by atoms with Crippen molar-refractivity contribution in [2.45, 2.75) is 25.7 Å². The largest absolute Gasteiger partial charge is 0.385 e. The number of carbonyl (C=O) groups is 1. The van der Waals surface area contributed by atoms with E-state index in [4.69, 9.17) is 5.73 Å². The first-order valence-electron chi connectivity index (χ1n) is 8.71. The number of nitrogens with two attached hydrogens (primary N) is 1. The molecule has 4 rings (SSSR count). The van der Waals surface area contributed by atoms with Crippen LogP contribution in [0.2, 0.25) is 0 Å². The van der Waals surface area contributed by atoms with Crippen molar-refractivity contribution < 1.29 is 4.79 Å². The first kappa shape index (κ1) is 16.4. The van der Waals surface area contributed by atoms with Crippen LogP contribution >= 0.6 is 0 Å². The van der Waals surface area contributed by atoms with E-state index in [2.05, 4.69) is 31.3 Å². The lowest BCUT2D eigenvalue weighted by molar-refractivity contribution is 0.0999. The third kappa shape index (κ3) is 2.47. The number of carbonyl (C=O) groups excluding carboxylic acids is 1. The van der Waals surface area contributed by atoms with Gasteiger partial charge in [0.1, 0.15) is 5.56 Å². The normalized spacial score (nSPS) is 15.3. The van der Waals surface area contributed by atoms with Gasteiger partial charge >= 0.3 is 0 Å². The highest BCUT2D eigenvalue weighted by Gasteiger charge is 2.27. The molecule has 5 nitrogen and oxygen atoms in total. The van der Waals surface area contributed by atoms with Crippen LogP contribution < -0.4 is 16.5 Å². The quantitative estimate of drug-likeness (QED) is 0.747. The molecule has 1 aromatic heterocycles. The maximum atomic E-state index is 12.5. The number of anilines is 1. The number of benzene rings is 2. The number of amides is 1. The van der Waals surface area contributed by atoms with Gasteiger partial charge in [0, 0.05) is 29.5 Å². The molecule has 1 aliphatic heterocycles. The van der Waals surface area contributed by atoms with Crippen molar-refractivity contribution >= 4 is 22.5 Å². The van der Waals surface area contributed by atoms with E-state index in [1.165, 1.54) is 5.56 Å². The minimum absolute atomic E-state index is 0.00490. The SMILES string of the molecule is CC1(C)CCNc2cc(-n3cc(C(N)=O)c(=O)c4ccccc43)ccc21. The molecule has 26 heavy (non-hydrogen) atoms. The standard InChI is InChI=1S/C21H21N3O2/c1-21(2)9-10-23-17-11-13(7-8-16(17)21)24-12-15(20(22)26)19(25)14-5-3-4-6-18(14)24/h3-8,11-12,23H,9-10H2,1-2H3,(H2,22,26). The van der Waals surface area contributed by atoms with Gasteiger partial charge in [-0.25, -0.2) is 0 Å². The number of fused-ring (bicyclic) bond motifs is 2. The summed E-state index contributed by atoms with van der Waals surface area (Å²) in [5.41, 5.74) is 9.20.